The van der Waals surface area contributed by atoms with Crippen LogP contribution in [0.3, 0.4) is 0 Å². The van der Waals surface area contributed by atoms with Gasteiger partial charge in [-0.3, -0.25) is 0 Å². The lowest BCUT2D eigenvalue weighted by Crippen LogP contribution is -1.93. The molecular weight excluding hydrogens is 224 g/mol. The molecule has 0 N–H and O–H groups in total. The van der Waals surface area contributed by atoms with Crippen LogP contribution in [0.1, 0.15) is 11.1 Å². The number of benzene rings is 1. The third kappa shape index (κ3) is 3.00. The molecule has 0 aliphatic rings. The van der Waals surface area contributed by atoms with Crippen molar-refractivity contribution in [2.24, 2.45) is 0 Å². The minimum Gasteiger partial charge on any atom is -0.481 e. The second-order valence-electron chi connectivity index (χ2n) is 3.66. The number of rotatable bonds is 3. The third-order valence-electron chi connectivity index (χ3n) is 2.34. The van der Waals surface area contributed by atoms with Gasteiger partial charge in [0.1, 0.15) is 11.6 Å². The Kier molecular flexibility index (Phi) is 3.32. The van der Waals surface area contributed by atoms with Crippen molar-refractivity contribution in [2.75, 3.05) is 7.11 Å². The maximum atomic E-state index is 13.0. The zero-order chi connectivity index (χ0) is 12.3. The summed E-state index contributed by atoms with van der Waals surface area (Å²) in [4.78, 5) is 4.03. The highest BCUT2D eigenvalue weighted by molar-refractivity contribution is 5.27. The molecule has 0 unspecified atom stereocenters. The van der Waals surface area contributed by atoms with Gasteiger partial charge in [0.15, 0.2) is 0 Å². The summed E-state index contributed by atoms with van der Waals surface area (Å²) in [5.41, 5.74) is 1.45. The maximum Gasteiger partial charge on any atom is 0.212 e. The molecule has 4 heteroatoms. The van der Waals surface area contributed by atoms with E-state index in [1.807, 2.05) is 6.07 Å². The monoisotopic (exact) mass is 235 g/mol. The fourth-order valence-corrected chi connectivity index (χ4v) is 1.58. The molecule has 0 bridgehead atoms. The quantitative estimate of drug-likeness (QED) is 0.816. The first-order valence-electron chi connectivity index (χ1n) is 5.11. The van der Waals surface area contributed by atoms with Crippen LogP contribution in [0.4, 0.5) is 8.78 Å². The van der Waals surface area contributed by atoms with Gasteiger partial charge in [0.25, 0.3) is 0 Å². The van der Waals surface area contributed by atoms with Crippen molar-refractivity contribution in [2.45, 2.75) is 6.42 Å². The highest BCUT2D eigenvalue weighted by Gasteiger charge is 2.02. The molecule has 2 rings (SSSR count). The zero-order valence-electron chi connectivity index (χ0n) is 9.28. The van der Waals surface area contributed by atoms with Crippen molar-refractivity contribution in [3.8, 4) is 5.88 Å². The Morgan fingerprint density at radius 3 is 2.29 bits per heavy atom. The van der Waals surface area contributed by atoms with Gasteiger partial charge in [-0.1, -0.05) is 6.07 Å². The number of hydrogen-bond acceptors (Lipinski definition) is 2. The predicted molar refractivity (Wildman–Crippen MR) is 60.0 cm³/mol. The second kappa shape index (κ2) is 4.91. The first kappa shape index (κ1) is 11.5. The minimum absolute atomic E-state index is 0.436. The van der Waals surface area contributed by atoms with E-state index in [9.17, 15) is 8.78 Å². The Morgan fingerprint density at radius 2 is 1.76 bits per heavy atom. The number of pyridine rings is 1. The van der Waals surface area contributed by atoms with Gasteiger partial charge in [-0.05, 0) is 29.7 Å². The zero-order valence-corrected chi connectivity index (χ0v) is 9.28. The topological polar surface area (TPSA) is 22.1 Å². The molecule has 1 aromatic carbocycles. The van der Waals surface area contributed by atoms with Crippen LogP contribution < -0.4 is 4.74 Å². The average molecular weight is 235 g/mol. The van der Waals surface area contributed by atoms with Gasteiger partial charge in [0, 0.05) is 18.3 Å². The molecule has 0 aliphatic carbocycles. The van der Waals surface area contributed by atoms with Crippen molar-refractivity contribution >= 4 is 0 Å². The molecule has 0 spiro atoms. The van der Waals surface area contributed by atoms with Crippen LogP contribution in [0.5, 0.6) is 5.88 Å². The number of halogens is 2. The van der Waals surface area contributed by atoms with Gasteiger partial charge in [-0.25, -0.2) is 13.8 Å². The molecule has 0 fully saturated rings. The molecule has 0 radical (unpaired) electrons. The summed E-state index contributed by atoms with van der Waals surface area (Å²) < 4.78 is 30.9. The van der Waals surface area contributed by atoms with Crippen molar-refractivity contribution in [3.63, 3.8) is 0 Å². The molecule has 1 aromatic heterocycles. The Bertz CT molecular complexity index is 491. The average Bonchev–Trinajstić information content (AvgIpc) is 2.28. The summed E-state index contributed by atoms with van der Waals surface area (Å²) in [6.07, 6.45) is 2.06. The van der Waals surface area contributed by atoms with Crippen molar-refractivity contribution < 1.29 is 13.5 Å². The molecule has 0 aliphatic heterocycles. The Morgan fingerprint density at radius 1 is 1.06 bits per heavy atom. The minimum atomic E-state index is -0.568. The van der Waals surface area contributed by atoms with Gasteiger partial charge in [0.2, 0.25) is 5.88 Å². The summed E-state index contributed by atoms with van der Waals surface area (Å²) in [5.74, 6) is -0.623. The number of hydrogen-bond donors (Lipinski definition) is 0. The van der Waals surface area contributed by atoms with E-state index in [1.54, 1.807) is 12.3 Å². The molecule has 0 atom stereocenters. The highest BCUT2D eigenvalue weighted by atomic mass is 19.1. The summed E-state index contributed by atoms with van der Waals surface area (Å²) in [6.45, 7) is 0. The smallest absolute Gasteiger partial charge is 0.212 e. The van der Waals surface area contributed by atoms with E-state index in [0.717, 1.165) is 11.6 Å². The lowest BCUT2D eigenvalue weighted by Gasteiger charge is -2.03. The Hall–Kier alpha value is -1.97. The number of methoxy groups -OCH3 is 1. The van der Waals surface area contributed by atoms with E-state index in [1.165, 1.54) is 19.2 Å². The Balaban J connectivity index is 2.19. The SMILES string of the molecule is COc1ccc(Cc2cc(F)cc(F)c2)cn1. The predicted octanol–water partition coefficient (Wildman–Crippen LogP) is 2.96. The van der Waals surface area contributed by atoms with Crippen LogP contribution in [-0.4, -0.2) is 12.1 Å². The van der Waals surface area contributed by atoms with Crippen molar-refractivity contribution in [1.82, 2.24) is 4.98 Å². The van der Waals surface area contributed by atoms with Crippen LogP contribution in [0, 0.1) is 11.6 Å². The van der Waals surface area contributed by atoms with Crippen LogP contribution >= 0.6 is 0 Å². The number of aromatic nitrogens is 1. The van der Waals surface area contributed by atoms with Gasteiger partial charge in [-0.2, -0.15) is 0 Å². The lowest BCUT2D eigenvalue weighted by molar-refractivity contribution is 0.397. The van der Waals surface area contributed by atoms with E-state index < -0.39 is 11.6 Å². The fourth-order valence-electron chi connectivity index (χ4n) is 1.58. The van der Waals surface area contributed by atoms with E-state index in [-0.39, 0.29) is 0 Å². The first-order valence-corrected chi connectivity index (χ1v) is 5.11. The summed E-state index contributed by atoms with van der Waals surface area (Å²) in [6, 6.07) is 7.01. The first-order chi connectivity index (χ1) is 8.17. The molecular formula is C13H11F2NO. The van der Waals surface area contributed by atoms with E-state index in [0.29, 0.717) is 17.9 Å². The van der Waals surface area contributed by atoms with Crippen molar-refractivity contribution in [1.29, 1.82) is 0 Å². The fraction of sp³-hybridized carbons (Fsp3) is 0.154. The molecule has 88 valence electrons. The van der Waals surface area contributed by atoms with Gasteiger partial charge < -0.3 is 4.74 Å². The molecule has 2 nitrogen and oxygen atoms in total. The number of nitrogens with zero attached hydrogens (tertiary/aromatic N) is 1. The normalized spacial score (nSPS) is 10.3. The van der Waals surface area contributed by atoms with Crippen molar-refractivity contribution in [3.05, 3.63) is 59.3 Å². The molecule has 2 aromatic rings. The summed E-state index contributed by atoms with van der Waals surface area (Å²) in [5, 5.41) is 0. The summed E-state index contributed by atoms with van der Waals surface area (Å²) >= 11 is 0. The van der Waals surface area contributed by atoms with Crippen LogP contribution in [-0.2, 0) is 6.42 Å². The highest BCUT2D eigenvalue weighted by Crippen LogP contribution is 2.14. The molecule has 0 saturated heterocycles. The second-order valence-corrected chi connectivity index (χ2v) is 3.66. The lowest BCUT2D eigenvalue weighted by atomic mass is 10.1. The summed E-state index contributed by atoms with van der Waals surface area (Å²) in [7, 11) is 1.53. The largest absolute Gasteiger partial charge is 0.481 e. The number of ether oxygens (including phenoxy) is 1. The molecule has 0 amide bonds. The van der Waals surface area contributed by atoms with Gasteiger partial charge in [-0.15, -0.1) is 0 Å². The molecule has 0 saturated carbocycles. The standard InChI is InChI=1S/C13H11F2NO/c1-17-13-3-2-9(8-16-13)4-10-5-11(14)7-12(15)6-10/h2-3,5-8H,4H2,1H3. The van der Waals surface area contributed by atoms with Gasteiger partial charge in [0.05, 0.1) is 7.11 Å². The maximum absolute atomic E-state index is 13.0. The van der Waals surface area contributed by atoms with E-state index in [2.05, 4.69) is 4.98 Å². The van der Waals surface area contributed by atoms with E-state index in [4.69, 9.17) is 4.74 Å². The van der Waals surface area contributed by atoms with E-state index >= 15 is 0 Å². The third-order valence-corrected chi connectivity index (χ3v) is 2.34. The molecule has 17 heavy (non-hydrogen) atoms. The van der Waals surface area contributed by atoms with Gasteiger partial charge >= 0.3 is 0 Å². The van der Waals surface area contributed by atoms with Crippen LogP contribution in [0.15, 0.2) is 36.5 Å². The molecule has 1 heterocycles. The van der Waals surface area contributed by atoms with Crippen LogP contribution in [0.25, 0.3) is 0 Å². The van der Waals surface area contributed by atoms with Crippen LogP contribution in [0.2, 0.25) is 0 Å². The Labute approximate surface area is 97.9 Å².